The van der Waals surface area contributed by atoms with Gasteiger partial charge in [-0.3, -0.25) is 0 Å². The molecule has 0 bridgehead atoms. The third kappa shape index (κ3) is 5.85. The Bertz CT molecular complexity index is 3000. The van der Waals surface area contributed by atoms with Crippen molar-refractivity contribution in [1.29, 1.82) is 0 Å². The molecule has 8 heteroatoms. The monoisotopic (exact) mass is 901 g/mol. The second-order valence-corrected chi connectivity index (χ2v) is 14.7. The van der Waals surface area contributed by atoms with E-state index < -0.39 is 19.1 Å². The molecule has 1 aliphatic heterocycles. The molecule has 0 fully saturated rings. The van der Waals surface area contributed by atoms with Crippen LogP contribution in [-0.4, -0.2) is 26.3 Å². The van der Waals surface area contributed by atoms with Crippen LogP contribution in [-0.2, 0) is 33.5 Å². The minimum Gasteiger partial charge on any atom is -0.483 e. The van der Waals surface area contributed by atoms with Crippen molar-refractivity contribution in [3.63, 3.8) is 0 Å². The van der Waals surface area contributed by atoms with Crippen molar-refractivity contribution in [3.05, 3.63) is 162 Å². The van der Waals surface area contributed by atoms with E-state index in [0.717, 1.165) is 33.0 Å². The summed E-state index contributed by atoms with van der Waals surface area (Å²) < 4.78 is 43.6. The summed E-state index contributed by atoms with van der Waals surface area (Å²) in [5.41, 5.74) is 5.41. The Morgan fingerprint density at radius 2 is 1.51 bits per heavy atom. The van der Waals surface area contributed by atoms with Gasteiger partial charge in [-0.2, -0.15) is 18.2 Å². The minimum atomic E-state index is -2.43. The van der Waals surface area contributed by atoms with Crippen molar-refractivity contribution in [2.24, 2.45) is 6.98 Å². The largest absolute Gasteiger partial charge is 0.483 e. The zero-order chi connectivity index (χ0) is 39.1. The Hall–Kier alpha value is -5.91. The van der Waals surface area contributed by atoms with Gasteiger partial charge in [0.1, 0.15) is 11.9 Å². The fraction of sp³-hybridized carbons (Fsp3) is 0.149. The van der Waals surface area contributed by atoms with Crippen LogP contribution in [0.4, 0.5) is 11.4 Å². The van der Waals surface area contributed by atoms with E-state index in [1.54, 1.807) is 10.6 Å². The molecule has 274 valence electrons. The molecule has 3 aromatic heterocycles. The molecule has 55 heavy (non-hydrogen) atoms. The van der Waals surface area contributed by atoms with E-state index in [1.165, 1.54) is 10.1 Å². The van der Waals surface area contributed by atoms with Gasteiger partial charge in [-0.25, -0.2) is 11.1 Å². The molecule has 0 radical (unpaired) electrons. The van der Waals surface area contributed by atoms with Gasteiger partial charge < -0.3 is 28.1 Å². The molecule has 1 aliphatic carbocycles. The average Bonchev–Trinajstić information content (AvgIpc) is 3.77. The predicted octanol–water partition coefficient (Wildman–Crippen LogP) is 7.90. The van der Waals surface area contributed by atoms with Crippen LogP contribution in [0.5, 0.6) is 17.2 Å². The number of aryl methyl sites for hydroxylation is 1. The van der Waals surface area contributed by atoms with Gasteiger partial charge in [0.05, 0.1) is 27.8 Å². The molecule has 4 heterocycles. The Balaban J connectivity index is 0.00000436. The van der Waals surface area contributed by atoms with Gasteiger partial charge in [-0.1, -0.05) is 104 Å². The summed E-state index contributed by atoms with van der Waals surface area (Å²) in [6.07, 6.45) is 10.6. The van der Waals surface area contributed by atoms with E-state index in [1.807, 2.05) is 91.1 Å². The Morgan fingerprint density at radius 3 is 2.35 bits per heavy atom. The molecule has 8 aromatic rings. The molecule has 5 aromatic carbocycles. The first-order valence-corrected chi connectivity index (χ1v) is 18.0. The molecular weight excluding hydrogens is 862 g/mol. The van der Waals surface area contributed by atoms with Crippen molar-refractivity contribution in [2.45, 2.75) is 38.3 Å². The molecule has 0 amide bonds. The summed E-state index contributed by atoms with van der Waals surface area (Å²) in [5.74, 6) is 2.62. The van der Waals surface area contributed by atoms with Crippen LogP contribution in [0.15, 0.2) is 134 Å². The van der Waals surface area contributed by atoms with E-state index in [-0.39, 0.29) is 26.5 Å². The quantitative estimate of drug-likeness (QED) is 0.134. The fourth-order valence-electron chi connectivity index (χ4n) is 7.63. The molecule has 7 nitrogen and oxygen atoms in total. The van der Waals surface area contributed by atoms with Crippen LogP contribution in [0, 0.1) is 12.4 Å². The summed E-state index contributed by atoms with van der Waals surface area (Å²) in [4.78, 5) is 7.08. The number of aromatic nitrogens is 4. The van der Waals surface area contributed by atoms with E-state index >= 15 is 0 Å². The second-order valence-electron chi connectivity index (χ2n) is 14.7. The number of imidazole rings is 1. The first kappa shape index (κ1) is 31.4. The first-order valence-electron chi connectivity index (χ1n) is 19.5. The van der Waals surface area contributed by atoms with Crippen LogP contribution in [0.2, 0.25) is 0 Å². The molecule has 2 atom stereocenters. The maximum absolute atomic E-state index is 8.25. The number of nitrogens with zero attached hydrogens (tertiary/aromatic N) is 5. The third-order valence-corrected chi connectivity index (χ3v) is 10.2. The molecule has 2 unspecified atom stereocenters. The van der Waals surface area contributed by atoms with Crippen molar-refractivity contribution in [2.75, 3.05) is 4.90 Å². The zero-order valence-corrected chi connectivity index (χ0v) is 32.6. The summed E-state index contributed by atoms with van der Waals surface area (Å²) in [6, 6.07) is 44.6. The Kier molecular flexibility index (Phi) is 7.68. The maximum Gasteiger partial charge on any atom is 0.242 e. The summed E-state index contributed by atoms with van der Waals surface area (Å²) in [6.45, 7) is 4.19. The van der Waals surface area contributed by atoms with E-state index in [9.17, 15) is 0 Å². The Morgan fingerprint density at radius 1 is 0.782 bits per heavy atom. The smallest absolute Gasteiger partial charge is 0.242 e. The molecule has 0 saturated carbocycles. The topological polar surface area (TPSA) is 48.3 Å². The van der Waals surface area contributed by atoms with Crippen LogP contribution >= 0.6 is 0 Å². The predicted molar refractivity (Wildman–Crippen MR) is 212 cm³/mol. The maximum atomic E-state index is 8.25. The van der Waals surface area contributed by atoms with Gasteiger partial charge in [0.15, 0.2) is 17.2 Å². The van der Waals surface area contributed by atoms with Gasteiger partial charge in [0.2, 0.25) is 6.33 Å². The number of ether oxygens (including phenoxy) is 2. The minimum absolute atomic E-state index is 0. The number of para-hydroxylation sites is 7. The van der Waals surface area contributed by atoms with E-state index in [0.29, 0.717) is 39.7 Å². The molecule has 2 aliphatic rings. The zero-order valence-electron chi connectivity index (χ0n) is 33.3. The van der Waals surface area contributed by atoms with E-state index in [4.69, 9.17) is 18.6 Å². The number of fused-ring (bicyclic) bond motifs is 7. The molecule has 0 N–H and O–H groups in total. The molecule has 0 spiro atoms. The molecule has 0 saturated heterocycles. The van der Waals surface area contributed by atoms with Crippen molar-refractivity contribution < 1.29 is 39.2 Å². The molecule has 10 rings (SSSR count). The van der Waals surface area contributed by atoms with Crippen molar-refractivity contribution in [1.82, 2.24) is 14.1 Å². The standard InChI is InChI=1S/C47H37N5O2.Pt/c1-47(2,3)31-24-25-48-46(26-31)52-36-17-6-5-16-34(36)35-28-45-41(29-40(35)52)51(39-20-9-10-21-42(39)53-43-22-11-12-23-44(43)54-45)33-15-13-14-32(27-33)50-30-49(4)37-18-7-8-19-38(37)50;/h5-26,28,41,45H,1-4H3;/q-2;/i4D3;. The first-order chi connectivity index (χ1) is 27.5. The summed E-state index contributed by atoms with van der Waals surface area (Å²) >= 11 is 0. The molecular formula is C47H37N5O2Pt-2. The van der Waals surface area contributed by atoms with E-state index in [2.05, 4.69) is 91.2 Å². The summed E-state index contributed by atoms with van der Waals surface area (Å²) in [7, 11) is 0. The van der Waals surface area contributed by atoms with Gasteiger partial charge in [-0.05, 0) is 53.4 Å². The number of benzene rings is 5. The fourth-order valence-corrected chi connectivity index (χ4v) is 7.63. The summed E-state index contributed by atoms with van der Waals surface area (Å²) in [5, 5.41) is 2.93. The van der Waals surface area contributed by atoms with Crippen LogP contribution in [0.3, 0.4) is 0 Å². The number of hydrogen-bond acceptors (Lipinski definition) is 4. The van der Waals surface area contributed by atoms with Gasteiger partial charge in [-0.15, -0.1) is 22.7 Å². The van der Waals surface area contributed by atoms with Crippen molar-refractivity contribution >= 4 is 45.5 Å². The average molecular weight is 902 g/mol. The van der Waals surface area contributed by atoms with Crippen LogP contribution in [0.1, 0.15) is 30.4 Å². The Labute approximate surface area is 338 Å². The third-order valence-electron chi connectivity index (χ3n) is 10.2. The number of rotatable bonds is 3. The van der Waals surface area contributed by atoms with Crippen LogP contribution < -0.4 is 29.5 Å². The number of pyridine rings is 1. The van der Waals surface area contributed by atoms with Gasteiger partial charge >= 0.3 is 0 Å². The normalized spacial score (nSPS) is 17.1. The van der Waals surface area contributed by atoms with Gasteiger partial charge in [0, 0.05) is 38.8 Å². The van der Waals surface area contributed by atoms with Crippen LogP contribution in [0.25, 0.3) is 45.6 Å². The SMILES string of the molecule is [2H]C([2H])([2H])[n+]1[c-]n(-c2[c-]c(N3c4ccccc4Oc4ccccc4OC4C=c5c(n(-c6cc(C(C)(C)C)ccn6)c6ccccc56)=[C-]C43)ccc2)c2ccccc21.[Pt]. The number of hydrogen-bond donors (Lipinski definition) is 0. The van der Waals surface area contributed by atoms with Crippen molar-refractivity contribution in [3.8, 4) is 28.8 Å². The second kappa shape index (κ2) is 13.4. The van der Waals surface area contributed by atoms with Gasteiger partial charge in [0.25, 0.3) is 0 Å². The number of anilines is 2.